The van der Waals surface area contributed by atoms with Gasteiger partial charge in [0.1, 0.15) is 17.1 Å². The van der Waals surface area contributed by atoms with Crippen molar-refractivity contribution in [1.82, 2.24) is 0 Å². The van der Waals surface area contributed by atoms with Crippen molar-refractivity contribution in [3.8, 4) is 0 Å². The van der Waals surface area contributed by atoms with Gasteiger partial charge < -0.3 is 19.0 Å². The van der Waals surface area contributed by atoms with Gasteiger partial charge in [-0.25, -0.2) is 0 Å². The first kappa shape index (κ1) is 16.1. The molecule has 118 valence electrons. The van der Waals surface area contributed by atoms with Crippen LogP contribution in [0, 0.1) is 0 Å². The number of aliphatic hydroxyl groups is 1. The minimum atomic E-state index is -1.13. The standard InChI is InChI=1S/C17H26O4/c1-6-7-9-13-15(21-12(2)3)17(19-5,16(13,4)18)14-10-8-11-20-14/h8,10-12,18H,6-7,9H2,1-5H3. The van der Waals surface area contributed by atoms with Gasteiger partial charge in [-0.15, -0.1) is 0 Å². The SMILES string of the molecule is CCCCC1=C(OC(C)C)C(OC)(c2ccco2)C1(C)O. The van der Waals surface area contributed by atoms with Crippen molar-refractivity contribution in [3.63, 3.8) is 0 Å². The molecule has 4 heteroatoms. The van der Waals surface area contributed by atoms with Crippen LogP contribution in [0.4, 0.5) is 0 Å². The number of furan rings is 1. The summed E-state index contributed by atoms with van der Waals surface area (Å²) in [6.07, 6.45) is 4.47. The molecule has 1 N–H and O–H groups in total. The summed E-state index contributed by atoms with van der Waals surface area (Å²) in [5.74, 6) is 1.28. The van der Waals surface area contributed by atoms with Crippen LogP contribution in [0.2, 0.25) is 0 Å². The number of hydrogen-bond acceptors (Lipinski definition) is 4. The maximum atomic E-state index is 11.0. The van der Waals surface area contributed by atoms with E-state index >= 15 is 0 Å². The van der Waals surface area contributed by atoms with Crippen LogP contribution in [0.25, 0.3) is 0 Å². The summed E-state index contributed by atoms with van der Waals surface area (Å²) in [7, 11) is 1.58. The maximum Gasteiger partial charge on any atom is 0.214 e. The molecule has 1 aromatic heterocycles. The molecule has 0 fully saturated rings. The average molecular weight is 294 g/mol. The molecular weight excluding hydrogens is 268 g/mol. The predicted molar refractivity (Wildman–Crippen MR) is 80.8 cm³/mol. The number of unbranched alkanes of at least 4 members (excludes halogenated alkanes) is 1. The lowest BCUT2D eigenvalue weighted by Crippen LogP contribution is -2.62. The fourth-order valence-corrected chi connectivity index (χ4v) is 3.13. The highest BCUT2D eigenvalue weighted by Gasteiger charge is 2.67. The van der Waals surface area contributed by atoms with Crippen LogP contribution in [0.3, 0.4) is 0 Å². The molecule has 2 unspecified atom stereocenters. The smallest absolute Gasteiger partial charge is 0.214 e. The first-order chi connectivity index (χ1) is 9.91. The first-order valence-corrected chi connectivity index (χ1v) is 7.64. The van der Waals surface area contributed by atoms with E-state index in [4.69, 9.17) is 13.9 Å². The molecule has 0 saturated carbocycles. The average Bonchev–Trinajstić information content (AvgIpc) is 2.93. The Bertz CT molecular complexity index is 499. The van der Waals surface area contributed by atoms with E-state index in [9.17, 15) is 5.11 Å². The molecule has 0 radical (unpaired) electrons. The molecule has 0 spiro atoms. The lowest BCUT2D eigenvalue weighted by atomic mass is 9.62. The van der Waals surface area contributed by atoms with E-state index in [-0.39, 0.29) is 6.10 Å². The van der Waals surface area contributed by atoms with Crippen LogP contribution in [-0.2, 0) is 15.1 Å². The lowest BCUT2D eigenvalue weighted by Gasteiger charge is -2.54. The van der Waals surface area contributed by atoms with Crippen molar-refractivity contribution in [2.24, 2.45) is 0 Å². The van der Waals surface area contributed by atoms with Crippen LogP contribution in [0.1, 0.15) is 52.7 Å². The van der Waals surface area contributed by atoms with E-state index in [1.807, 2.05) is 19.9 Å². The first-order valence-electron chi connectivity index (χ1n) is 7.64. The van der Waals surface area contributed by atoms with Gasteiger partial charge in [-0.1, -0.05) is 13.3 Å². The molecule has 4 nitrogen and oxygen atoms in total. The second kappa shape index (κ2) is 5.85. The quantitative estimate of drug-likeness (QED) is 0.832. The third-order valence-corrected chi connectivity index (χ3v) is 4.18. The number of rotatable bonds is 7. The van der Waals surface area contributed by atoms with Crippen molar-refractivity contribution in [2.75, 3.05) is 7.11 Å². The molecule has 2 rings (SSSR count). The summed E-state index contributed by atoms with van der Waals surface area (Å²) in [4.78, 5) is 0. The minimum Gasteiger partial charge on any atom is -0.492 e. The lowest BCUT2D eigenvalue weighted by molar-refractivity contribution is -0.198. The molecule has 0 aromatic carbocycles. The van der Waals surface area contributed by atoms with Gasteiger partial charge in [-0.05, 0) is 45.7 Å². The normalized spacial score (nSPS) is 28.9. The summed E-state index contributed by atoms with van der Waals surface area (Å²) in [5.41, 5.74) is -1.26. The Morgan fingerprint density at radius 3 is 2.57 bits per heavy atom. The summed E-state index contributed by atoms with van der Waals surface area (Å²) in [5, 5.41) is 11.0. The Labute approximate surface area is 126 Å². The highest BCUT2D eigenvalue weighted by molar-refractivity contribution is 5.49. The van der Waals surface area contributed by atoms with Crippen molar-refractivity contribution >= 4 is 0 Å². The van der Waals surface area contributed by atoms with Gasteiger partial charge in [0.05, 0.1) is 12.4 Å². The highest BCUT2D eigenvalue weighted by Crippen LogP contribution is 2.58. The molecule has 0 amide bonds. The second-order valence-corrected chi connectivity index (χ2v) is 6.01. The van der Waals surface area contributed by atoms with Gasteiger partial charge in [0.15, 0.2) is 0 Å². The Morgan fingerprint density at radius 1 is 1.38 bits per heavy atom. The van der Waals surface area contributed by atoms with E-state index in [1.54, 1.807) is 26.4 Å². The third kappa shape index (κ3) is 2.30. The van der Waals surface area contributed by atoms with Crippen LogP contribution in [0.15, 0.2) is 34.1 Å². The molecule has 0 aliphatic heterocycles. The number of ether oxygens (including phenoxy) is 2. The van der Waals surface area contributed by atoms with Gasteiger partial charge in [0.2, 0.25) is 5.60 Å². The fourth-order valence-electron chi connectivity index (χ4n) is 3.13. The zero-order chi connectivity index (χ0) is 15.7. The molecule has 1 aromatic rings. The largest absolute Gasteiger partial charge is 0.492 e. The monoisotopic (exact) mass is 294 g/mol. The fraction of sp³-hybridized carbons (Fsp3) is 0.647. The summed E-state index contributed by atoms with van der Waals surface area (Å²) in [6.45, 7) is 7.85. The van der Waals surface area contributed by atoms with E-state index in [0.29, 0.717) is 11.5 Å². The topological polar surface area (TPSA) is 51.8 Å². The predicted octanol–water partition coefficient (Wildman–Crippen LogP) is 3.76. The van der Waals surface area contributed by atoms with Crippen molar-refractivity contribution in [1.29, 1.82) is 0 Å². The highest BCUT2D eigenvalue weighted by atomic mass is 16.6. The van der Waals surface area contributed by atoms with E-state index < -0.39 is 11.2 Å². The number of hydrogen-bond donors (Lipinski definition) is 1. The van der Waals surface area contributed by atoms with Gasteiger partial charge in [-0.2, -0.15) is 0 Å². The van der Waals surface area contributed by atoms with Gasteiger partial charge in [0, 0.05) is 12.7 Å². The molecule has 0 saturated heterocycles. The van der Waals surface area contributed by atoms with Crippen LogP contribution in [0.5, 0.6) is 0 Å². The van der Waals surface area contributed by atoms with Gasteiger partial charge in [-0.3, -0.25) is 0 Å². The van der Waals surface area contributed by atoms with Gasteiger partial charge in [0.25, 0.3) is 0 Å². The van der Waals surface area contributed by atoms with Gasteiger partial charge >= 0.3 is 0 Å². The Balaban J connectivity index is 2.50. The van der Waals surface area contributed by atoms with Crippen molar-refractivity contribution in [2.45, 2.75) is 64.3 Å². The third-order valence-electron chi connectivity index (χ3n) is 4.18. The minimum absolute atomic E-state index is 0.0113. The Morgan fingerprint density at radius 2 is 2.10 bits per heavy atom. The Hall–Kier alpha value is -1.26. The molecule has 1 aliphatic rings. The van der Waals surface area contributed by atoms with Crippen molar-refractivity contribution in [3.05, 3.63) is 35.5 Å². The van der Waals surface area contributed by atoms with E-state index in [2.05, 4.69) is 6.92 Å². The molecule has 1 aliphatic carbocycles. The Kier molecular flexibility index (Phi) is 4.49. The van der Waals surface area contributed by atoms with Crippen molar-refractivity contribution < 1.29 is 19.0 Å². The number of methoxy groups -OCH3 is 1. The van der Waals surface area contributed by atoms with E-state index in [1.165, 1.54) is 0 Å². The van der Waals surface area contributed by atoms with Crippen LogP contribution in [-0.4, -0.2) is 23.9 Å². The maximum absolute atomic E-state index is 11.0. The van der Waals surface area contributed by atoms with Crippen LogP contribution < -0.4 is 0 Å². The van der Waals surface area contributed by atoms with E-state index in [0.717, 1.165) is 24.8 Å². The zero-order valence-electron chi connectivity index (χ0n) is 13.6. The second-order valence-electron chi connectivity index (χ2n) is 6.01. The molecule has 0 bridgehead atoms. The summed E-state index contributed by atoms with van der Waals surface area (Å²) < 4.78 is 17.3. The zero-order valence-corrected chi connectivity index (χ0v) is 13.6. The molecule has 21 heavy (non-hydrogen) atoms. The summed E-state index contributed by atoms with van der Waals surface area (Å²) in [6, 6.07) is 3.61. The molecular formula is C17H26O4. The van der Waals surface area contributed by atoms with Crippen LogP contribution >= 0.6 is 0 Å². The molecule has 2 atom stereocenters. The molecule has 1 heterocycles. The summed E-state index contributed by atoms with van der Waals surface area (Å²) >= 11 is 0.